The van der Waals surface area contributed by atoms with Crippen molar-refractivity contribution in [1.82, 2.24) is 9.97 Å². The van der Waals surface area contributed by atoms with Crippen molar-refractivity contribution in [2.24, 2.45) is 0 Å². The molecule has 0 aliphatic heterocycles. The van der Waals surface area contributed by atoms with Gasteiger partial charge in [-0.3, -0.25) is 10.1 Å². The minimum Gasteiger partial charge on any atom is -0.434 e. The number of nitro groups is 1. The van der Waals surface area contributed by atoms with E-state index in [0.717, 1.165) is 27.9 Å². The van der Waals surface area contributed by atoms with Gasteiger partial charge in [0.1, 0.15) is 12.1 Å². The van der Waals surface area contributed by atoms with Crippen LogP contribution in [0, 0.1) is 37.8 Å². The molecule has 0 bridgehead atoms. The lowest BCUT2D eigenvalue weighted by atomic mass is 10.1. The van der Waals surface area contributed by atoms with Crippen LogP contribution in [0.4, 0.5) is 17.2 Å². The molecule has 0 unspecified atom stereocenters. The summed E-state index contributed by atoms with van der Waals surface area (Å²) in [5.74, 6) is 0.473. The summed E-state index contributed by atoms with van der Waals surface area (Å²) in [4.78, 5) is 19.2. The van der Waals surface area contributed by atoms with Gasteiger partial charge >= 0.3 is 11.6 Å². The molecule has 0 saturated heterocycles. The Balaban J connectivity index is 2.00. The van der Waals surface area contributed by atoms with E-state index in [2.05, 4.69) is 15.3 Å². The molecule has 3 rings (SSSR count). The van der Waals surface area contributed by atoms with E-state index in [1.54, 1.807) is 12.1 Å². The van der Waals surface area contributed by atoms with Gasteiger partial charge < -0.3 is 10.1 Å². The van der Waals surface area contributed by atoms with Gasteiger partial charge in [-0.05, 0) is 62.6 Å². The zero-order chi connectivity index (χ0) is 19.6. The Morgan fingerprint density at radius 1 is 0.963 bits per heavy atom. The number of rotatable bonds is 5. The highest BCUT2D eigenvalue weighted by molar-refractivity contribution is 5.70. The molecule has 3 aromatic rings. The van der Waals surface area contributed by atoms with Crippen LogP contribution in [0.2, 0.25) is 0 Å². The van der Waals surface area contributed by atoms with Gasteiger partial charge in [0.05, 0.1) is 4.92 Å². The maximum absolute atomic E-state index is 11.7. The normalized spacial score (nSPS) is 10.5. The Morgan fingerprint density at radius 3 is 2.30 bits per heavy atom. The predicted octanol–water partition coefficient (Wildman–Crippen LogP) is 5.15. The number of benzene rings is 2. The Hall–Kier alpha value is -3.48. The highest BCUT2D eigenvalue weighted by Crippen LogP contribution is 2.36. The van der Waals surface area contributed by atoms with Crippen LogP contribution in [-0.2, 0) is 0 Å². The van der Waals surface area contributed by atoms with Crippen molar-refractivity contribution >= 4 is 17.2 Å². The summed E-state index contributed by atoms with van der Waals surface area (Å²) in [7, 11) is 0. The summed E-state index contributed by atoms with van der Waals surface area (Å²) >= 11 is 0. The van der Waals surface area contributed by atoms with Crippen molar-refractivity contribution in [2.75, 3.05) is 5.32 Å². The summed E-state index contributed by atoms with van der Waals surface area (Å²) in [5, 5.41) is 14.7. The van der Waals surface area contributed by atoms with Crippen molar-refractivity contribution in [3.8, 4) is 11.6 Å². The molecular weight excluding hydrogens is 344 g/mol. The van der Waals surface area contributed by atoms with E-state index < -0.39 is 4.92 Å². The standard InChI is InChI=1S/C20H20N4O3/c1-12-5-6-17(15(4)8-12)23-19-18(24(25)26)20(22-11-21-19)27-16-9-13(2)7-14(3)10-16/h5-11H,1-4H3,(H,21,22,23). The second-order valence-electron chi connectivity index (χ2n) is 6.50. The molecule has 0 atom stereocenters. The highest BCUT2D eigenvalue weighted by atomic mass is 16.6. The number of nitrogens with zero attached hydrogens (tertiary/aromatic N) is 3. The van der Waals surface area contributed by atoms with Crippen LogP contribution in [0.15, 0.2) is 42.7 Å². The van der Waals surface area contributed by atoms with E-state index in [-0.39, 0.29) is 17.4 Å². The molecule has 0 aliphatic rings. The first kappa shape index (κ1) is 18.3. The van der Waals surface area contributed by atoms with Crippen molar-refractivity contribution in [3.05, 3.63) is 75.1 Å². The molecule has 0 radical (unpaired) electrons. The molecule has 7 nitrogen and oxygen atoms in total. The number of nitrogens with one attached hydrogen (secondary N) is 1. The summed E-state index contributed by atoms with van der Waals surface area (Å²) < 4.78 is 5.73. The maximum Gasteiger partial charge on any atom is 0.373 e. The number of hydrogen-bond donors (Lipinski definition) is 1. The van der Waals surface area contributed by atoms with Crippen LogP contribution in [0.1, 0.15) is 22.3 Å². The van der Waals surface area contributed by atoms with E-state index in [1.807, 2.05) is 52.0 Å². The SMILES string of the molecule is Cc1cc(C)cc(Oc2ncnc(Nc3ccc(C)cc3C)c2[N+](=O)[O-])c1. The van der Waals surface area contributed by atoms with Crippen LogP contribution in [0.25, 0.3) is 0 Å². The van der Waals surface area contributed by atoms with E-state index >= 15 is 0 Å². The third kappa shape index (κ3) is 4.20. The second-order valence-corrected chi connectivity index (χ2v) is 6.50. The Kier molecular flexibility index (Phi) is 5.03. The van der Waals surface area contributed by atoms with Gasteiger partial charge in [-0.15, -0.1) is 0 Å². The first-order chi connectivity index (χ1) is 12.8. The molecule has 2 aromatic carbocycles. The summed E-state index contributed by atoms with van der Waals surface area (Å²) in [6.45, 7) is 7.78. The number of aromatic nitrogens is 2. The second kappa shape index (κ2) is 7.41. The molecule has 0 amide bonds. The van der Waals surface area contributed by atoms with Gasteiger partial charge in [0.25, 0.3) is 0 Å². The first-order valence-corrected chi connectivity index (χ1v) is 8.43. The summed E-state index contributed by atoms with van der Waals surface area (Å²) in [6, 6.07) is 11.4. The molecule has 1 heterocycles. The van der Waals surface area contributed by atoms with Crippen LogP contribution < -0.4 is 10.1 Å². The largest absolute Gasteiger partial charge is 0.434 e. The minimum atomic E-state index is -0.538. The fourth-order valence-corrected chi connectivity index (χ4v) is 2.88. The third-order valence-corrected chi connectivity index (χ3v) is 4.02. The lowest BCUT2D eigenvalue weighted by molar-refractivity contribution is -0.385. The molecule has 138 valence electrons. The maximum atomic E-state index is 11.7. The van der Waals surface area contributed by atoms with Crippen LogP contribution in [-0.4, -0.2) is 14.9 Å². The molecule has 0 spiro atoms. The zero-order valence-electron chi connectivity index (χ0n) is 15.6. The minimum absolute atomic E-state index is 0.0846. The first-order valence-electron chi connectivity index (χ1n) is 8.43. The molecule has 1 aromatic heterocycles. The van der Waals surface area contributed by atoms with Gasteiger partial charge in [-0.2, -0.15) is 4.98 Å². The monoisotopic (exact) mass is 364 g/mol. The molecule has 1 N–H and O–H groups in total. The quantitative estimate of drug-likeness (QED) is 0.497. The number of anilines is 2. The number of hydrogen-bond acceptors (Lipinski definition) is 6. The lowest BCUT2D eigenvalue weighted by Gasteiger charge is -2.12. The van der Waals surface area contributed by atoms with Crippen LogP contribution >= 0.6 is 0 Å². The molecule has 0 aliphatic carbocycles. The van der Waals surface area contributed by atoms with E-state index in [4.69, 9.17) is 4.74 Å². The zero-order valence-corrected chi connectivity index (χ0v) is 15.6. The Labute approximate surface area is 157 Å². The topological polar surface area (TPSA) is 90.2 Å². The van der Waals surface area contributed by atoms with Crippen LogP contribution in [0.5, 0.6) is 11.6 Å². The molecule has 0 saturated carbocycles. The van der Waals surface area contributed by atoms with Gasteiger partial charge in [0.15, 0.2) is 0 Å². The fraction of sp³-hybridized carbons (Fsp3) is 0.200. The van der Waals surface area contributed by atoms with Crippen molar-refractivity contribution in [3.63, 3.8) is 0 Å². The van der Waals surface area contributed by atoms with Crippen molar-refractivity contribution < 1.29 is 9.66 Å². The van der Waals surface area contributed by atoms with Crippen molar-refractivity contribution in [2.45, 2.75) is 27.7 Å². The average molecular weight is 364 g/mol. The predicted molar refractivity (Wildman–Crippen MR) is 104 cm³/mol. The lowest BCUT2D eigenvalue weighted by Crippen LogP contribution is -2.04. The van der Waals surface area contributed by atoms with E-state index in [0.29, 0.717) is 5.75 Å². The van der Waals surface area contributed by atoms with Gasteiger partial charge in [-0.25, -0.2) is 4.98 Å². The van der Waals surface area contributed by atoms with Gasteiger partial charge in [-0.1, -0.05) is 23.8 Å². The molecule has 0 fully saturated rings. The Bertz CT molecular complexity index is 998. The van der Waals surface area contributed by atoms with E-state index in [9.17, 15) is 10.1 Å². The highest BCUT2D eigenvalue weighted by Gasteiger charge is 2.25. The van der Waals surface area contributed by atoms with Crippen molar-refractivity contribution in [1.29, 1.82) is 0 Å². The smallest absolute Gasteiger partial charge is 0.373 e. The number of ether oxygens (including phenoxy) is 1. The average Bonchev–Trinajstić information content (AvgIpc) is 2.56. The molecular formula is C20H20N4O3. The Morgan fingerprint density at radius 2 is 1.67 bits per heavy atom. The summed E-state index contributed by atoms with van der Waals surface area (Å²) in [5.41, 5.74) is 4.48. The summed E-state index contributed by atoms with van der Waals surface area (Å²) in [6.07, 6.45) is 1.25. The van der Waals surface area contributed by atoms with E-state index in [1.165, 1.54) is 6.33 Å². The third-order valence-electron chi connectivity index (χ3n) is 4.02. The molecule has 27 heavy (non-hydrogen) atoms. The van der Waals surface area contributed by atoms with Gasteiger partial charge in [0.2, 0.25) is 5.82 Å². The number of aryl methyl sites for hydroxylation is 4. The van der Waals surface area contributed by atoms with Gasteiger partial charge in [0, 0.05) is 5.69 Å². The molecule has 7 heteroatoms. The fourth-order valence-electron chi connectivity index (χ4n) is 2.88. The van der Waals surface area contributed by atoms with Crippen LogP contribution in [0.3, 0.4) is 0 Å².